The van der Waals surface area contributed by atoms with Gasteiger partial charge in [0, 0.05) is 18.0 Å². The lowest BCUT2D eigenvalue weighted by molar-refractivity contribution is 0.507. The molecule has 1 N–H and O–H groups in total. The van der Waals surface area contributed by atoms with Crippen molar-refractivity contribution in [1.82, 2.24) is 10.3 Å². The Morgan fingerprint density at radius 2 is 2.20 bits per heavy atom. The standard InChI is InChI=1S/C12H14N2O/c1-9-5-10(7-14-6-9)12-4-3-11(15-12)8-13-2/h3-7,13H,8H2,1-2H3. The molecular weight excluding hydrogens is 188 g/mol. The number of pyridine rings is 1. The molecule has 0 saturated heterocycles. The molecule has 15 heavy (non-hydrogen) atoms. The molecule has 0 bridgehead atoms. The molecule has 78 valence electrons. The smallest absolute Gasteiger partial charge is 0.135 e. The van der Waals surface area contributed by atoms with Crippen LogP contribution in [0.15, 0.2) is 35.0 Å². The van der Waals surface area contributed by atoms with E-state index in [-0.39, 0.29) is 0 Å². The van der Waals surface area contributed by atoms with Gasteiger partial charge in [0.2, 0.25) is 0 Å². The Hall–Kier alpha value is -1.61. The van der Waals surface area contributed by atoms with Gasteiger partial charge >= 0.3 is 0 Å². The Kier molecular flexibility index (Phi) is 2.83. The van der Waals surface area contributed by atoms with Crippen LogP contribution < -0.4 is 5.32 Å². The first-order chi connectivity index (χ1) is 7.29. The van der Waals surface area contributed by atoms with E-state index in [0.717, 1.165) is 29.2 Å². The third-order valence-corrected chi connectivity index (χ3v) is 2.17. The zero-order valence-electron chi connectivity index (χ0n) is 8.95. The molecule has 3 nitrogen and oxygen atoms in total. The molecule has 0 amide bonds. The number of hydrogen-bond acceptors (Lipinski definition) is 3. The van der Waals surface area contributed by atoms with Crippen molar-refractivity contribution < 1.29 is 4.42 Å². The van der Waals surface area contributed by atoms with Gasteiger partial charge in [-0.1, -0.05) is 0 Å². The van der Waals surface area contributed by atoms with Crippen LogP contribution in [-0.4, -0.2) is 12.0 Å². The van der Waals surface area contributed by atoms with Crippen LogP contribution >= 0.6 is 0 Å². The van der Waals surface area contributed by atoms with Crippen LogP contribution in [0.3, 0.4) is 0 Å². The van der Waals surface area contributed by atoms with E-state index in [2.05, 4.69) is 16.4 Å². The maximum absolute atomic E-state index is 5.66. The van der Waals surface area contributed by atoms with E-state index in [1.807, 2.05) is 38.5 Å². The normalized spacial score (nSPS) is 10.5. The maximum atomic E-state index is 5.66. The van der Waals surface area contributed by atoms with E-state index in [9.17, 15) is 0 Å². The van der Waals surface area contributed by atoms with Gasteiger partial charge in [0.05, 0.1) is 6.54 Å². The molecule has 2 aromatic rings. The number of aromatic nitrogens is 1. The van der Waals surface area contributed by atoms with Crippen molar-refractivity contribution >= 4 is 0 Å². The molecule has 0 aliphatic heterocycles. The number of aryl methyl sites for hydroxylation is 1. The van der Waals surface area contributed by atoms with Crippen LogP contribution in [-0.2, 0) is 6.54 Å². The summed E-state index contributed by atoms with van der Waals surface area (Å²) in [5.74, 6) is 1.81. The first-order valence-corrected chi connectivity index (χ1v) is 4.95. The van der Waals surface area contributed by atoms with Crippen molar-refractivity contribution in [3.8, 4) is 11.3 Å². The van der Waals surface area contributed by atoms with Crippen molar-refractivity contribution in [3.63, 3.8) is 0 Å². The molecule has 0 fully saturated rings. The number of rotatable bonds is 3. The minimum absolute atomic E-state index is 0.749. The van der Waals surface area contributed by atoms with Gasteiger partial charge in [0.25, 0.3) is 0 Å². The molecular formula is C12H14N2O. The van der Waals surface area contributed by atoms with Gasteiger partial charge in [-0.3, -0.25) is 4.98 Å². The highest BCUT2D eigenvalue weighted by Gasteiger charge is 2.04. The molecule has 3 heteroatoms. The molecule has 0 aliphatic carbocycles. The predicted molar refractivity (Wildman–Crippen MR) is 59.4 cm³/mol. The highest BCUT2D eigenvalue weighted by Crippen LogP contribution is 2.21. The Balaban J connectivity index is 2.29. The van der Waals surface area contributed by atoms with Gasteiger partial charge in [-0.15, -0.1) is 0 Å². The Morgan fingerprint density at radius 1 is 1.33 bits per heavy atom. The van der Waals surface area contributed by atoms with Gasteiger partial charge in [0.1, 0.15) is 11.5 Å². The van der Waals surface area contributed by atoms with Crippen molar-refractivity contribution in [2.45, 2.75) is 13.5 Å². The fourth-order valence-corrected chi connectivity index (χ4v) is 1.49. The molecule has 0 aliphatic rings. The van der Waals surface area contributed by atoms with Gasteiger partial charge in [-0.2, -0.15) is 0 Å². The summed E-state index contributed by atoms with van der Waals surface area (Å²) in [6, 6.07) is 6.02. The Bertz CT molecular complexity index is 448. The van der Waals surface area contributed by atoms with Crippen molar-refractivity contribution in [2.75, 3.05) is 7.05 Å². The maximum Gasteiger partial charge on any atom is 0.135 e. The Labute approximate surface area is 89.1 Å². The fourth-order valence-electron chi connectivity index (χ4n) is 1.49. The quantitative estimate of drug-likeness (QED) is 0.830. The monoisotopic (exact) mass is 202 g/mol. The second-order valence-corrected chi connectivity index (χ2v) is 3.55. The summed E-state index contributed by atoms with van der Waals surface area (Å²) < 4.78 is 5.66. The van der Waals surface area contributed by atoms with Crippen LogP contribution in [0.5, 0.6) is 0 Å². The molecule has 0 unspecified atom stereocenters. The van der Waals surface area contributed by atoms with Crippen LogP contribution in [0.25, 0.3) is 11.3 Å². The summed E-state index contributed by atoms with van der Waals surface area (Å²) in [6.07, 6.45) is 3.65. The summed E-state index contributed by atoms with van der Waals surface area (Å²) in [6.45, 7) is 2.77. The minimum atomic E-state index is 0.749. The van der Waals surface area contributed by atoms with Gasteiger partial charge in [-0.25, -0.2) is 0 Å². The average molecular weight is 202 g/mol. The lowest BCUT2D eigenvalue weighted by Crippen LogP contribution is -2.03. The largest absolute Gasteiger partial charge is 0.460 e. The van der Waals surface area contributed by atoms with Crippen molar-refractivity contribution in [3.05, 3.63) is 41.9 Å². The molecule has 0 radical (unpaired) electrons. The number of furan rings is 1. The highest BCUT2D eigenvalue weighted by molar-refractivity contribution is 5.56. The second-order valence-electron chi connectivity index (χ2n) is 3.55. The third-order valence-electron chi connectivity index (χ3n) is 2.17. The van der Waals surface area contributed by atoms with E-state index in [1.54, 1.807) is 0 Å². The molecule has 2 heterocycles. The van der Waals surface area contributed by atoms with Crippen LogP contribution in [0.1, 0.15) is 11.3 Å². The van der Waals surface area contributed by atoms with Crippen LogP contribution in [0.4, 0.5) is 0 Å². The summed E-state index contributed by atoms with van der Waals surface area (Å²) in [5.41, 5.74) is 2.16. The summed E-state index contributed by atoms with van der Waals surface area (Å²) in [5, 5.41) is 3.05. The van der Waals surface area contributed by atoms with Crippen LogP contribution in [0, 0.1) is 6.92 Å². The molecule has 0 saturated carbocycles. The zero-order valence-corrected chi connectivity index (χ0v) is 8.95. The first-order valence-electron chi connectivity index (χ1n) is 4.95. The lowest BCUT2D eigenvalue weighted by Gasteiger charge is -1.98. The van der Waals surface area contributed by atoms with Crippen molar-refractivity contribution in [1.29, 1.82) is 0 Å². The molecule has 0 aromatic carbocycles. The van der Waals surface area contributed by atoms with Crippen LogP contribution in [0.2, 0.25) is 0 Å². The first kappa shape index (κ1) is 9.93. The summed E-state index contributed by atoms with van der Waals surface area (Å²) >= 11 is 0. The van der Waals surface area contributed by atoms with E-state index in [1.165, 1.54) is 0 Å². The SMILES string of the molecule is CNCc1ccc(-c2cncc(C)c2)o1. The molecule has 0 spiro atoms. The topological polar surface area (TPSA) is 38.1 Å². The second kappa shape index (κ2) is 4.28. The summed E-state index contributed by atoms with van der Waals surface area (Å²) in [4.78, 5) is 4.14. The van der Waals surface area contributed by atoms with Gasteiger partial charge < -0.3 is 9.73 Å². The van der Waals surface area contributed by atoms with Crippen molar-refractivity contribution in [2.24, 2.45) is 0 Å². The fraction of sp³-hybridized carbons (Fsp3) is 0.250. The highest BCUT2D eigenvalue weighted by atomic mass is 16.3. The van der Waals surface area contributed by atoms with E-state index in [4.69, 9.17) is 4.42 Å². The third kappa shape index (κ3) is 2.25. The number of nitrogens with zero attached hydrogens (tertiary/aromatic N) is 1. The zero-order chi connectivity index (χ0) is 10.7. The van der Waals surface area contributed by atoms with E-state index < -0.39 is 0 Å². The van der Waals surface area contributed by atoms with Gasteiger partial charge in [-0.05, 0) is 37.7 Å². The molecule has 2 aromatic heterocycles. The molecule has 0 atom stereocenters. The van der Waals surface area contributed by atoms with E-state index in [0.29, 0.717) is 0 Å². The predicted octanol–water partition coefficient (Wildman–Crippen LogP) is 2.37. The lowest BCUT2D eigenvalue weighted by atomic mass is 10.2. The number of nitrogens with one attached hydrogen (secondary N) is 1. The molecule has 2 rings (SSSR count). The minimum Gasteiger partial charge on any atom is -0.460 e. The summed E-state index contributed by atoms with van der Waals surface area (Å²) in [7, 11) is 1.90. The van der Waals surface area contributed by atoms with E-state index >= 15 is 0 Å². The number of hydrogen-bond donors (Lipinski definition) is 1. The average Bonchev–Trinajstić information content (AvgIpc) is 2.67. The van der Waals surface area contributed by atoms with Gasteiger partial charge in [0.15, 0.2) is 0 Å². The Morgan fingerprint density at radius 3 is 2.93 bits per heavy atom.